The van der Waals surface area contributed by atoms with Crippen LogP contribution in [0, 0.1) is 5.92 Å². The zero-order valence-electron chi connectivity index (χ0n) is 22.8. The fourth-order valence-corrected chi connectivity index (χ4v) is 6.32. The molecule has 41 heavy (non-hydrogen) atoms. The normalized spacial score (nSPS) is 20.0. The summed E-state index contributed by atoms with van der Waals surface area (Å²) in [6.07, 6.45) is 7.39. The molecule has 3 aromatic carbocycles. The summed E-state index contributed by atoms with van der Waals surface area (Å²) in [5.41, 5.74) is 5.10. The fraction of sp³-hybridized carbons (Fsp3) is 0.303. The van der Waals surface area contributed by atoms with Crippen LogP contribution in [0.25, 0.3) is 28.3 Å². The molecule has 3 aliphatic heterocycles. The van der Waals surface area contributed by atoms with E-state index in [1.54, 1.807) is 27.7 Å². The monoisotopic (exact) mass is 551 g/mol. The third-order valence-corrected chi connectivity index (χ3v) is 8.42. The van der Waals surface area contributed by atoms with E-state index in [4.69, 9.17) is 4.42 Å². The highest BCUT2D eigenvalue weighted by molar-refractivity contribution is 5.94. The van der Waals surface area contributed by atoms with Gasteiger partial charge in [-0.25, -0.2) is 9.59 Å². The predicted octanol–water partition coefficient (Wildman–Crippen LogP) is 6.15. The van der Waals surface area contributed by atoms with Crippen LogP contribution in [0.2, 0.25) is 0 Å². The molecule has 8 nitrogen and oxygen atoms in total. The number of oxazole rings is 1. The first-order chi connectivity index (χ1) is 20.0. The summed E-state index contributed by atoms with van der Waals surface area (Å²) in [5, 5.41) is 10.5. The van der Waals surface area contributed by atoms with Gasteiger partial charge in [-0.1, -0.05) is 54.6 Å². The second kappa shape index (κ2) is 11.6. The first-order valence-electron chi connectivity index (χ1n) is 14.2. The van der Waals surface area contributed by atoms with Crippen molar-refractivity contribution in [2.24, 2.45) is 5.92 Å². The van der Waals surface area contributed by atoms with Gasteiger partial charge in [-0.15, -0.1) is 0 Å². The van der Waals surface area contributed by atoms with E-state index in [1.165, 1.54) is 0 Å². The molecule has 4 aromatic rings. The van der Waals surface area contributed by atoms with Gasteiger partial charge in [0.25, 0.3) is 0 Å². The molecule has 3 fully saturated rings. The Kier molecular flexibility index (Phi) is 7.57. The number of piperidine rings is 3. The Balaban J connectivity index is 1.23. The Morgan fingerprint density at radius 2 is 1.80 bits per heavy atom. The lowest BCUT2D eigenvalue weighted by Crippen LogP contribution is -2.59. The summed E-state index contributed by atoms with van der Waals surface area (Å²) >= 11 is 0. The quantitative estimate of drug-likeness (QED) is 0.198. The van der Waals surface area contributed by atoms with Crippen molar-refractivity contribution in [3.63, 3.8) is 0 Å². The Morgan fingerprint density at radius 3 is 2.51 bits per heavy atom. The van der Waals surface area contributed by atoms with Crippen LogP contribution in [0.1, 0.15) is 41.6 Å². The van der Waals surface area contributed by atoms with Crippen molar-refractivity contribution >= 4 is 35.2 Å². The summed E-state index contributed by atoms with van der Waals surface area (Å²) in [6.45, 7) is 3.35. The van der Waals surface area contributed by atoms with E-state index in [2.05, 4.69) is 11.0 Å². The van der Waals surface area contributed by atoms with Crippen molar-refractivity contribution < 1.29 is 19.1 Å². The van der Waals surface area contributed by atoms with E-state index in [1.807, 2.05) is 54.6 Å². The fourth-order valence-electron chi connectivity index (χ4n) is 6.32. The molecule has 4 heterocycles. The van der Waals surface area contributed by atoms with Gasteiger partial charge in [-0.3, -0.25) is 14.3 Å². The van der Waals surface area contributed by atoms with E-state index < -0.39 is 11.8 Å². The second-order valence-corrected chi connectivity index (χ2v) is 10.9. The maximum Gasteiger partial charge on any atom is 0.419 e. The van der Waals surface area contributed by atoms with E-state index in [9.17, 15) is 19.5 Å². The number of hydrogen-bond acceptors (Lipinski definition) is 5. The van der Waals surface area contributed by atoms with E-state index in [-0.39, 0.29) is 6.04 Å². The molecule has 0 spiro atoms. The number of carboxylic acid groups (broad SMARTS) is 1. The number of hydrogen-bond donors (Lipinski definition) is 1. The molecule has 1 aromatic heterocycles. The van der Waals surface area contributed by atoms with Gasteiger partial charge in [0.05, 0.1) is 17.2 Å². The molecule has 7 rings (SSSR count). The van der Waals surface area contributed by atoms with Gasteiger partial charge in [0, 0.05) is 24.2 Å². The Labute approximate surface area is 238 Å². The van der Waals surface area contributed by atoms with E-state index in [0.717, 1.165) is 74.0 Å². The maximum absolute atomic E-state index is 12.8. The number of allylic oxidation sites excluding steroid dienone is 1. The summed E-state index contributed by atoms with van der Waals surface area (Å²) in [7, 11) is 0. The number of amides is 1. The first-order valence-corrected chi connectivity index (χ1v) is 14.2. The number of nitrogens with zero attached hydrogens (tertiary/aromatic N) is 3. The average Bonchev–Trinajstić information content (AvgIpc) is 3.32. The lowest BCUT2D eigenvalue weighted by atomic mass is 9.82. The Bertz CT molecular complexity index is 1650. The minimum Gasteiger partial charge on any atom is -0.465 e. The minimum atomic E-state index is -0.917. The van der Waals surface area contributed by atoms with Gasteiger partial charge in [0.2, 0.25) is 0 Å². The first kappa shape index (κ1) is 26.8. The van der Waals surface area contributed by atoms with Gasteiger partial charge in [0.1, 0.15) is 6.29 Å². The molecule has 1 amide bonds. The van der Waals surface area contributed by atoms with E-state index in [0.29, 0.717) is 29.1 Å². The van der Waals surface area contributed by atoms with Gasteiger partial charge in [-0.05, 0) is 80.1 Å². The smallest absolute Gasteiger partial charge is 0.419 e. The molecule has 1 N–H and O–H groups in total. The molecule has 3 saturated heterocycles. The Morgan fingerprint density at radius 1 is 1.02 bits per heavy atom. The van der Waals surface area contributed by atoms with Gasteiger partial charge < -0.3 is 14.4 Å². The zero-order valence-corrected chi connectivity index (χ0v) is 22.8. The van der Waals surface area contributed by atoms with Crippen LogP contribution < -0.4 is 10.7 Å². The second-order valence-electron chi connectivity index (χ2n) is 10.9. The van der Waals surface area contributed by atoms with Gasteiger partial charge in [0.15, 0.2) is 5.58 Å². The molecule has 1 atom stereocenters. The summed E-state index contributed by atoms with van der Waals surface area (Å²) < 4.78 is 6.90. The number of unbranched alkanes of at least 4 members (excludes halogenated alkanes) is 1. The van der Waals surface area contributed by atoms with E-state index >= 15 is 0 Å². The topological polar surface area (TPSA) is 96.0 Å². The molecule has 2 bridgehead atoms. The molecule has 210 valence electrons. The van der Waals surface area contributed by atoms with Crippen LogP contribution in [-0.2, 0) is 6.54 Å². The molecule has 0 saturated carbocycles. The predicted molar refractivity (Wildman–Crippen MR) is 159 cm³/mol. The number of aryl methyl sites for hydroxylation is 1. The number of anilines is 1. The number of carbonyl (C=O) groups is 2. The highest BCUT2D eigenvalue weighted by Gasteiger charge is 2.40. The van der Waals surface area contributed by atoms with Crippen LogP contribution in [0.4, 0.5) is 10.5 Å². The molecule has 1 unspecified atom stereocenters. The average molecular weight is 552 g/mol. The van der Waals surface area contributed by atoms with Crippen molar-refractivity contribution in [1.82, 2.24) is 9.47 Å². The Hall–Kier alpha value is -4.43. The number of fused-ring (bicyclic) bond motifs is 4. The maximum atomic E-state index is 12.8. The lowest BCUT2D eigenvalue weighted by molar-refractivity contribution is 0.0838. The molecular weight excluding hydrogens is 518 g/mol. The molecule has 0 aliphatic carbocycles. The highest BCUT2D eigenvalue weighted by Crippen LogP contribution is 2.39. The highest BCUT2D eigenvalue weighted by atomic mass is 16.4. The summed E-state index contributed by atoms with van der Waals surface area (Å²) in [5.74, 6) is -0.0685. The van der Waals surface area contributed by atoms with Crippen LogP contribution in [0.15, 0.2) is 82.0 Å². The molecule has 3 aliphatic rings. The van der Waals surface area contributed by atoms with Crippen LogP contribution in [0.5, 0.6) is 0 Å². The third kappa shape index (κ3) is 5.47. The third-order valence-electron chi connectivity index (χ3n) is 8.42. The number of aldehydes is 1. The summed E-state index contributed by atoms with van der Waals surface area (Å²) in [4.78, 5) is 40.1. The lowest BCUT2D eigenvalue weighted by Gasteiger charge is -2.48. The SMILES string of the molecule is O=Cc1ccc2c(c1)oc(=O)n2CCCC=Cc1ccc(-c2ccccc2)c(N(C(=O)O)C2CN3CCC2CC3)c1. The zero-order chi connectivity index (χ0) is 28.3. The number of aromatic nitrogens is 1. The van der Waals surface area contributed by atoms with Crippen molar-refractivity contribution in [1.29, 1.82) is 0 Å². The summed E-state index contributed by atoms with van der Waals surface area (Å²) in [6, 6.07) is 20.9. The van der Waals surface area contributed by atoms with Crippen molar-refractivity contribution in [2.75, 3.05) is 24.5 Å². The minimum absolute atomic E-state index is 0.0672. The number of carbonyl (C=O) groups excluding carboxylic acids is 1. The van der Waals surface area contributed by atoms with Crippen molar-refractivity contribution in [2.45, 2.75) is 38.3 Å². The molecular formula is C33H33N3O5. The molecule has 8 heteroatoms. The van der Waals surface area contributed by atoms with Gasteiger partial charge in [-0.2, -0.15) is 0 Å². The van der Waals surface area contributed by atoms with Crippen LogP contribution in [-0.4, -0.2) is 52.6 Å². The van der Waals surface area contributed by atoms with Gasteiger partial charge >= 0.3 is 11.8 Å². The van der Waals surface area contributed by atoms with Crippen LogP contribution in [0.3, 0.4) is 0 Å². The largest absolute Gasteiger partial charge is 0.465 e. The standard InChI is InChI=1S/C33H33N3O5/c37-22-24-11-13-28-31(20-24)41-33(40)35(28)16-6-2-3-7-23-10-12-27(25-8-4-1-5-9-25)29(19-23)36(32(38)39)30-21-34-17-14-26(30)15-18-34/h1,3-5,7-13,19-20,22,26,30H,2,6,14-18,21H2,(H,38,39). The number of rotatable bonds is 9. The van der Waals surface area contributed by atoms with Crippen molar-refractivity contribution in [3.8, 4) is 11.1 Å². The van der Waals surface area contributed by atoms with Crippen molar-refractivity contribution in [3.05, 3.63) is 94.5 Å². The molecule has 0 radical (unpaired) electrons. The van der Waals surface area contributed by atoms with Crippen LogP contribution >= 0.6 is 0 Å². The number of benzene rings is 3.